The number of benzene rings is 2. The lowest BCUT2D eigenvalue weighted by Crippen LogP contribution is -2.28. The van der Waals surface area contributed by atoms with Crippen molar-refractivity contribution in [3.05, 3.63) is 69.5 Å². The third-order valence-electron chi connectivity index (χ3n) is 5.18. The molecule has 5 heteroatoms. The van der Waals surface area contributed by atoms with Gasteiger partial charge in [-0.3, -0.25) is 9.36 Å². The molecule has 0 bridgehead atoms. The molecule has 2 aromatic carbocycles. The molecule has 1 aliphatic rings. The van der Waals surface area contributed by atoms with E-state index in [9.17, 15) is 4.79 Å². The normalized spacial score (nSPS) is 16.9. The summed E-state index contributed by atoms with van der Waals surface area (Å²) in [5, 5.41) is 1.44. The van der Waals surface area contributed by atoms with Gasteiger partial charge in [-0.05, 0) is 55.5 Å². The Bertz CT molecular complexity index is 1020. The SMILES string of the molecule is Cc1ccc(CSc2nc3ccccc3c(=O)n2C[C@@H]2CCCO2)cc1C. The Balaban J connectivity index is 1.68. The quantitative estimate of drug-likeness (QED) is 0.483. The van der Waals surface area contributed by atoms with Crippen LogP contribution in [0.3, 0.4) is 0 Å². The topological polar surface area (TPSA) is 44.1 Å². The van der Waals surface area contributed by atoms with Crippen LogP contribution in [-0.2, 0) is 17.0 Å². The molecule has 27 heavy (non-hydrogen) atoms. The fourth-order valence-electron chi connectivity index (χ4n) is 3.45. The first-order valence-corrected chi connectivity index (χ1v) is 10.4. The maximum absolute atomic E-state index is 13.1. The fourth-order valence-corrected chi connectivity index (χ4v) is 4.40. The molecular formula is C22H24N2O2S. The van der Waals surface area contributed by atoms with Gasteiger partial charge < -0.3 is 4.74 Å². The summed E-state index contributed by atoms with van der Waals surface area (Å²) >= 11 is 1.62. The van der Waals surface area contributed by atoms with E-state index in [2.05, 4.69) is 32.0 Å². The smallest absolute Gasteiger partial charge is 0.262 e. The van der Waals surface area contributed by atoms with Gasteiger partial charge in [0.15, 0.2) is 5.16 Å². The van der Waals surface area contributed by atoms with Gasteiger partial charge in [-0.1, -0.05) is 42.1 Å². The fraction of sp³-hybridized carbons (Fsp3) is 0.364. The number of aromatic nitrogens is 2. The van der Waals surface area contributed by atoms with E-state index in [1.807, 2.05) is 28.8 Å². The molecule has 1 atom stereocenters. The first-order chi connectivity index (χ1) is 13.1. The molecule has 0 N–H and O–H groups in total. The van der Waals surface area contributed by atoms with Crippen molar-refractivity contribution in [3.8, 4) is 0 Å². The zero-order valence-electron chi connectivity index (χ0n) is 15.8. The third-order valence-corrected chi connectivity index (χ3v) is 6.22. The average molecular weight is 381 g/mol. The first-order valence-electron chi connectivity index (χ1n) is 9.42. The average Bonchev–Trinajstić information content (AvgIpc) is 3.18. The van der Waals surface area contributed by atoms with Crippen LogP contribution in [0.5, 0.6) is 0 Å². The summed E-state index contributed by atoms with van der Waals surface area (Å²) in [6, 6.07) is 14.1. The van der Waals surface area contributed by atoms with E-state index in [1.165, 1.54) is 16.7 Å². The summed E-state index contributed by atoms with van der Waals surface area (Å²) in [6.45, 7) is 5.61. The molecule has 1 fully saturated rings. The summed E-state index contributed by atoms with van der Waals surface area (Å²) in [4.78, 5) is 17.9. The van der Waals surface area contributed by atoms with Gasteiger partial charge in [0.25, 0.3) is 5.56 Å². The lowest BCUT2D eigenvalue weighted by atomic mass is 10.1. The highest BCUT2D eigenvalue weighted by molar-refractivity contribution is 7.98. The molecule has 0 aliphatic carbocycles. The molecule has 140 valence electrons. The lowest BCUT2D eigenvalue weighted by molar-refractivity contribution is 0.0937. The van der Waals surface area contributed by atoms with E-state index in [0.717, 1.165) is 35.9 Å². The van der Waals surface area contributed by atoms with Crippen LogP contribution in [-0.4, -0.2) is 22.3 Å². The second-order valence-electron chi connectivity index (χ2n) is 7.17. The minimum atomic E-state index is 0.0266. The Morgan fingerprint density at radius 3 is 2.81 bits per heavy atom. The lowest BCUT2D eigenvalue weighted by Gasteiger charge is -2.16. The summed E-state index contributed by atoms with van der Waals surface area (Å²) in [7, 11) is 0. The standard InChI is InChI=1S/C22H24N2O2S/c1-15-9-10-17(12-16(15)2)14-27-22-23-20-8-4-3-7-19(20)21(25)24(22)13-18-6-5-11-26-18/h3-4,7-10,12,18H,5-6,11,13-14H2,1-2H3/t18-/m0/s1. The van der Waals surface area contributed by atoms with Crippen LogP contribution in [0, 0.1) is 13.8 Å². The van der Waals surface area contributed by atoms with Crippen LogP contribution in [0.25, 0.3) is 10.9 Å². The third kappa shape index (κ3) is 3.94. The van der Waals surface area contributed by atoms with E-state index in [1.54, 1.807) is 11.8 Å². The van der Waals surface area contributed by atoms with Gasteiger partial charge >= 0.3 is 0 Å². The van der Waals surface area contributed by atoms with E-state index in [0.29, 0.717) is 11.9 Å². The molecule has 0 unspecified atom stereocenters. The number of aryl methyl sites for hydroxylation is 2. The highest BCUT2D eigenvalue weighted by Gasteiger charge is 2.20. The molecule has 0 amide bonds. The van der Waals surface area contributed by atoms with Crippen molar-refractivity contribution in [2.24, 2.45) is 0 Å². The Morgan fingerprint density at radius 2 is 2.04 bits per heavy atom. The minimum absolute atomic E-state index is 0.0266. The monoisotopic (exact) mass is 380 g/mol. The Morgan fingerprint density at radius 1 is 1.19 bits per heavy atom. The molecular weight excluding hydrogens is 356 g/mol. The van der Waals surface area contributed by atoms with E-state index in [4.69, 9.17) is 9.72 Å². The van der Waals surface area contributed by atoms with Crippen LogP contribution >= 0.6 is 11.8 Å². The summed E-state index contributed by atoms with van der Waals surface area (Å²) in [5.41, 5.74) is 4.61. The van der Waals surface area contributed by atoms with Gasteiger partial charge in [0.2, 0.25) is 0 Å². The van der Waals surface area contributed by atoms with E-state index >= 15 is 0 Å². The predicted octanol–water partition coefficient (Wildman–Crippen LogP) is 4.48. The predicted molar refractivity (Wildman–Crippen MR) is 110 cm³/mol. The van der Waals surface area contributed by atoms with Gasteiger partial charge in [0.05, 0.1) is 23.6 Å². The molecule has 1 aromatic heterocycles. The van der Waals surface area contributed by atoms with Gasteiger partial charge in [0.1, 0.15) is 0 Å². The molecule has 3 aromatic rings. The molecule has 4 nitrogen and oxygen atoms in total. The number of fused-ring (bicyclic) bond motifs is 1. The van der Waals surface area contributed by atoms with Crippen molar-refractivity contribution in [3.63, 3.8) is 0 Å². The second-order valence-corrected chi connectivity index (χ2v) is 8.11. The van der Waals surface area contributed by atoms with Crippen molar-refractivity contribution in [2.45, 2.75) is 50.2 Å². The van der Waals surface area contributed by atoms with Gasteiger partial charge in [0, 0.05) is 12.4 Å². The van der Waals surface area contributed by atoms with Crippen molar-refractivity contribution in [2.75, 3.05) is 6.61 Å². The van der Waals surface area contributed by atoms with Crippen molar-refractivity contribution < 1.29 is 4.74 Å². The Labute approximate surface area is 163 Å². The summed E-state index contributed by atoms with van der Waals surface area (Å²) in [5.74, 6) is 0.789. The zero-order chi connectivity index (χ0) is 18.8. The van der Waals surface area contributed by atoms with Gasteiger partial charge in [-0.15, -0.1) is 0 Å². The number of hydrogen-bond donors (Lipinski definition) is 0. The maximum Gasteiger partial charge on any atom is 0.262 e. The molecule has 0 radical (unpaired) electrons. The zero-order valence-corrected chi connectivity index (χ0v) is 16.6. The molecule has 1 saturated heterocycles. The van der Waals surface area contributed by atoms with Gasteiger partial charge in [-0.25, -0.2) is 4.98 Å². The van der Waals surface area contributed by atoms with E-state index in [-0.39, 0.29) is 11.7 Å². The number of para-hydroxylation sites is 1. The number of rotatable bonds is 5. The van der Waals surface area contributed by atoms with Crippen molar-refractivity contribution >= 4 is 22.7 Å². The maximum atomic E-state index is 13.1. The summed E-state index contributed by atoms with van der Waals surface area (Å²) in [6.07, 6.45) is 2.16. The molecule has 0 spiro atoms. The second kappa shape index (κ2) is 7.87. The van der Waals surface area contributed by atoms with Crippen LogP contribution < -0.4 is 5.56 Å². The summed E-state index contributed by atoms with van der Waals surface area (Å²) < 4.78 is 7.58. The van der Waals surface area contributed by atoms with E-state index < -0.39 is 0 Å². The van der Waals surface area contributed by atoms with Crippen LogP contribution in [0.15, 0.2) is 52.4 Å². The molecule has 1 aliphatic heterocycles. The molecule has 2 heterocycles. The number of ether oxygens (including phenoxy) is 1. The van der Waals surface area contributed by atoms with Crippen molar-refractivity contribution in [1.29, 1.82) is 0 Å². The number of nitrogens with zero attached hydrogens (tertiary/aromatic N) is 2. The molecule has 0 saturated carbocycles. The minimum Gasteiger partial charge on any atom is -0.376 e. The van der Waals surface area contributed by atoms with Crippen LogP contribution in [0.4, 0.5) is 0 Å². The van der Waals surface area contributed by atoms with Crippen LogP contribution in [0.1, 0.15) is 29.5 Å². The van der Waals surface area contributed by atoms with Gasteiger partial charge in [-0.2, -0.15) is 0 Å². The first kappa shape index (κ1) is 18.3. The highest BCUT2D eigenvalue weighted by Crippen LogP contribution is 2.25. The largest absolute Gasteiger partial charge is 0.376 e. The Kier molecular flexibility index (Phi) is 5.32. The Hall–Kier alpha value is -2.11. The highest BCUT2D eigenvalue weighted by atomic mass is 32.2. The number of thioether (sulfide) groups is 1. The van der Waals surface area contributed by atoms with Crippen LogP contribution in [0.2, 0.25) is 0 Å². The van der Waals surface area contributed by atoms with Crippen molar-refractivity contribution in [1.82, 2.24) is 9.55 Å². The number of hydrogen-bond acceptors (Lipinski definition) is 4. The molecule has 4 rings (SSSR count).